The van der Waals surface area contributed by atoms with Crippen molar-refractivity contribution in [3.8, 4) is 0 Å². The molecular formula is C29H36ClFN2O4Si. The van der Waals surface area contributed by atoms with Gasteiger partial charge in [0.05, 0.1) is 28.8 Å². The molecule has 2 heterocycles. The van der Waals surface area contributed by atoms with Crippen LogP contribution in [0.15, 0.2) is 41.3 Å². The van der Waals surface area contributed by atoms with Crippen molar-refractivity contribution in [3.05, 3.63) is 74.4 Å². The van der Waals surface area contributed by atoms with Crippen LogP contribution >= 0.6 is 11.6 Å². The van der Waals surface area contributed by atoms with Crippen LogP contribution in [0.2, 0.25) is 10.1 Å². The van der Waals surface area contributed by atoms with Gasteiger partial charge in [-0.1, -0.05) is 58.4 Å². The third-order valence-corrected chi connectivity index (χ3v) is 7.63. The molecule has 3 aromatic rings. The van der Waals surface area contributed by atoms with Crippen LogP contribution in [0.4, 0.5) is 4.39 Å². The molecule has 0 spiro atoms. The number of benzene rings is 1. The minimum absolute atomic E-state index is 0.0213. The number of aromatic nitrogens is 2. The Morgan fingerprint density at radius 1 is 1.16 bits per heavy atom. The van der Waals surface area contributed by atoms with Gasteiger partial charge in [0, 0.05) is 18.3 Å². The molecule has 2 radical (unpaired) electrons. The van der Waals surface area contributed by atoms with E-state index in [1.54, 1.807) is 37.4 Å². The fourth-order valence-electron chi connectivity index (χ4n) is 4.63. The van der Waals surface area contributed by atoms with Crippen molar-refractivity contribution >= 4 is 38.4 Å². The van der Waals surface area contributed by atoms with Gasteiger partial charge in [0.15, 0.2) is 0 Å². The Kier molecular flexibility index (Phi) is 9.22. The van der Waals surface area contributed by atoms with Crippen LogP contribution in [-0.2, 0) is 15.6 Å². The van der Waals surface area contributed by atoms with Gasteiger partial charge in [-0.15, -0.1) is 0 Å². The molecule has 0 aliphatic heterocycles. The molecule has 0 unspecified atom stereocenters. The maximum absolute atomic E-state index is 14.6. The molecule has 2 aromatic heterocycles. The molecule has 3 rings (SSSR count). The Bertz CT molecular complexity index is 1380. The van der Waals surface area contributed by atoms with Crippen LogP contribution in [0.1, 0.15) is 83.0 Å². The van der Waals surface area contributed by atoms with E-state index in [2.05, 4.69) is 39.6 Å². The summed E-state index contributed by atoms with van der Waals surface area (Å²) >= 11 is 5.96. The summed E-state index contributed by atoms with van der Waals surface area (Å²) in [6, 6.07) is 8.10. The monoisotopic (exact) mass is 558 g/mol. The van der Waals surface area contributed by atoms with E-state index in [0.717, 1.165) is 0 Å². The van der Waals surface area contributed by atoms with E-state index in [1.807, 2.05) is 18.4 Å². The first-order valence-electron chi connectivity index (χ1n) is 12.8. The molecule has 38 heavy (non-hydrogen) atoms. The molecule has 0 N–H and O–H groups in total. The van der Waals surface area contributed by atoms with Gasteiger partial charge in [0.25, 0.3) is 0 Å². The number of rotatable bonds is 9. The molecule has 0 aliphatic rings. The predicted octanol–water partition coefficient (Wildman–Crippen LogP) is 6.79. The second kappa shape index (κ2) is 11.7. The number of fused-ring (bicyclic) bond motifs is 1. The molecule has 0 fully saturated rings. The molecule has 0 amide bonds. The van der Waals surface area contributed by atoms with E-state index >= 15 is 0 Å². The summed E-state index contributed by atoms with van der Waals surface area (Å²) in [7, 11) is 0.241. The topological polar surface area (TPSA) is 70.4 Å². The van der Waals surface area contributed by atoms with Crippen LogP contribution in [0, 0.1) is 11.7 Å². The lowest BCUT2D eigenvalue weighted by Gasteiger charge is -2.41. The van der Waals surface area contributed by atoms with Crippen molar-refractivity contribution in [2.24, 2.45) is 5.92 Å². The number of hydrogen-bond donors (Lipinski definition) is 0. The number of carbonyl (C=O) groups is 1. The van der Waals surface area contributed by atoms with Crippen LogP contribution in [0.5, 0.6) is 0 Å². The highest BCUT2D eigenvalue weighted by Crippen LogP contribution is 2.37. The number of pyridine rings is 2. The second-order valence-corrected chi connectivity index (χ2v) is 13.6. The lowest BCUT2D eigenvalue weighted by atomic mass is 9.88. The second-order valence-electron chi connectivity index (χ2n) is 11.3. The smallest absolute Gasteiger partial charge is 0.343 e. The molecule has 0 bridgehead atoms. The highest BCUT2D eigenvalue weighted by Gasteiger charge is 2.37. The van der Waals surface area contributed by atoms with Crippen LogP contribution in [0.3, 0.4) is 0 Å². The van der Waals surface area contributed by atoms with Crippen molar-refractivity contribution in [3.63, 3.8) is 0 Å². The van der Waals surface area contributed by atoms with E-state index < -0.39 is 22.8 Å². The van der Waals surface area contributed by atoms with Gasteiger partial charge in [-0.25, -0.2) is 14.2 Å². The summed E-state index contributed by atoms with van der Waals surface area (Å²) in [5.74, 6) is -1.15. The van der Waals surface area contributed by atoms with Gasteiger partial charge >= 0.3 is 5.97 Å². The van der Waals surface area contributed by atoms with E-state index in [4.69, 9.17) is 20.8 Å². The number of esters is 1. The van der Waals surface area contributed by atoms with Crippen LogP contribution in [0.25, 0.3) is 11.0 Å². The van der Waals surface area contributed by atoms with E-state index in [-0.39, 0.29) is 55.9 Å². The Morgan fingerprint density at radius 3 is 2.45 bits per heavy atom. The molecular weight excluding hydrogens is 523 g/mol. The van der Waals surface area contributed by atoms with Gasteiger partial charge < -0.3 is 13.7 Å². The van der Waals surface area contributed by atoms with Crippen molar-refractivity contribution in [1.29, 1.82) is 0 Å². The van der Waals surface area contributed by atoms with Crippen molar-refractivity contribution in [2.45, 2.75) is 78.5 Å². The molecule has 0 saturated heterocycles. The summed E-state index contributed by atoms with van der Waals surface area (Å²) in [6.45, 7) is 16.4. The Hall–Kier alpha value is -2.55. The summed E-state index contributed by atoms with van der Waals surface area (Å²) in [5, 5.41) is 0.000234. The summed E-state index contributed by atoms with van der Waals surface area (Å²) in [5.41, 5.74) is 0.260. The fraction of sp³-hybridized carbons (Fsp3) is 0.483. The molecule has 204 valence electrons. The summed E-state index contributed by atoms with van der Waals surface area (Å²) in [6.07, 6.45) is 1.71. The van der Waals surface area contributed by atoms with Gasteiger partial charge in [0.1, 0.15) is 16.9 Å². The van der Waals surface area contributed by atoms with E-state index in [1.165, 1.54) is 6.07 Å². The van der Waals surface area contributed by atoms with E-state index in [0.29, 0.717) is 16.8 Å². The maximum atomic E-state index is 14.6. The first-order chi connectivity index (χ1) is 17.7. The van der Waals surface area contributed by atoms with Gasteiger partial charge in [-0.3, -0.25) is 4.79 Å². The number of nitrogens with zero attached hydrogens (tertiary/aromatic N) is 2. The average Bonchev–Trinajstić information content (AvgIpc) is 2.82. The zero-order valence-corrected chi connectivity index (χ0v) is 25.1. The van der Waals surface area contributed by atoms with Gasteiger partial charge in [-0.2, -0.15) is 0 Å². The Balaban J connectivity index is 2.23. The maximum Gasteiger partial charge on any atom is 0.343 e. The minimum Gasteiger partial charge on any atom is -0.462 e. The largest absolute Gasteiger partial charge is 0.462 e. The van der Waals surface area contributed by atoms with Crippen molar-refractivity contribution in [1.82, 2.24) is 9.55 Å². The molecule has 0 saturated carbocycles. The van der Waals surface area contributed by atoms with Gasteiger partial charge in [0.2, 0.25) is 15.2 Å². The molecule has 1 aromatic carbocycles. The first-order valence-corrected chi connectivity index (χ1v) is 14.0. The summed E-state index contributed by atoms with van der Waals surface area (Å²) in [4.78, 5) is 31.0. The predicted molar refractivity (Wildman–Crippen MR) is 151 cm³/mol. The number of ether oxygens (including phenoxy) is 1. The highest BCUT2D eigenvalue weighted by molar-refractivity contribution is 6.32. The lowest BCUT2D eigenvalue weighted by Crippen LogP contribution is -2.42. The molecule has 9 heteroatoms. The number of carbonyl (C=O) groups excluding carboxylic acids is 1. The third kappa shape index (κ3) is 6.71. The quantitative estimate of drug-likeness (QED) is 0.214. The molecule has 1 atom stereocenters. The highest BCUT2D eigenvalue weighted by atomic mass is 35.5. The van der Waals surface area contributed by atoms with Crippen LogP contribution in [-0.4, -0.2) is 37.5 Å². The zero-order valence-electron chi connectivity index (χ0n) is 23.3. The van der Waals surface area contributed by atoms with Crippen LogP contribution < -0.4 is 5.43 Å². The fourth-order valence-corrected chi connectivity index (χ4v) is 5.51. The Morgan fingerprint density at radius 2 is 1.84 bits per heavy atom. The normalized spacial score (nSPS) is 13.2. The standard InChI is InChI=1S/C29H36ClFN2O4Si/c1-9-36-27(35)20-16-33(26(17(2)3)29(7,8)37-38-28(4,5)6)22-14-13-19(32-24(22)25(20)34)15-18-11-10-12-21(30)23(18)31/h10-14,16-17,26H,9,15H2,1-8H3/t26-/m0/s1. The lowest BCUT2D eigenvalue weighted by molar-refractivity contribution is 0.0287. The third-order valence-electron chi connectivity index (χ3n) is 6.10. The van der Waals surface area contributed by atoms with Crippen molar-refractivity contribution in [2.75, 3.05) is 6.61 Å². The Labute approximate surface area is 231 Å². The summed E-state index contributed by atoms with van der Waals surface area (Å²) < 4.78 is 28.2. The SMILES string of the molecule is CCOC(=O)c1cn([C@@H](C(C)C)C(C)(C)O[Si]C(C)(C)C)c2ccc(Cc3cccc(Cl)c3F)nc2c1=O. The van der Waals surface area contributed by atoms with Gasteiger partial charge in [-0.05, 0) is 55.5 Å². The first kappa shape index (κ1) is 30.0. The number of hydrogen-bond acceptors (Lipinski definition) is 5. The molecule has 0 aliphatic carbocycles. The average molecular weight is 559 g/mol. The minimum atomic E-state index is -0.709. The number of halogens is 2. The zero-order chi connectivity index (χ0) is 28.4. The van der Waals surface area contributed by atoms with Crippen molar-refractivity contribution < 1.29 is 18.3 Å². The van der Waals surface area contributed by atoms with E-state index in [9.17, 15) is 14.0 Å². The molecule has 6 nitrogen and oxygen atoms in total.